The molecule has 8 heteroatoms. The molecule has 154 valence electrons. The topological polar surface area (TPSA) is 85.0 Å². The first-order valence-electron chi connectivity index (χ1n) is 10.2. The summed E-state index contributed by atoms with van der Waals surface area (Å²) in [6, 6.07) is 9.46. The molecule has 0 aromatic carbocycles. The minimum absolute atomic E-state index is 0.0439. The minimum atomic E-state index is -0.0600. The number of likely N-dealkylation sites (tertiary alicyclic amines) is 1. The van der Waals surface area contributed by atoms with Gasteiger partial charge in [-0.25, -0.2) is 0 Å². The quantitative estimate of drug-likeness (QED) is 0.716. The van der Waals surface area contributed by atoms with Gasteiger partial charge in [0.1, 0.15) is 0 Å². The molecule has 0 aliphatic carbocycles. The van der Waals surface area contributed by atoms with E-state index in [4.69, 9.17) is 0 Å². The molecule has 30 heavy (non-hydrogen) atoms. The first kappa shape index (κ1) is 18.7. The van der Waals surface area contributed by atoms with E-state index in [1.165, 1.54) is 0 Å². The van der Waals surface area contributed by atoms with Crippen molar-refractivity contribution in [1.82, 2.24) is 24.2 Å². The molecule has 2 aliphatic rings. The molecule has 1 N–H and O–H groups in total. The highest BCUT2D eigenvalue weighted by Gasteiger charge is 2.35. The third-order valence-electron chi connectivity index (χ3n) is 5.98. The number of carbonyl (C=O) groups excluding carboxylic acids is 1. The molecule has 3 aromatic heterocycles. The van der Waals surface area contributed by atoms with E-state index in [2.05, 4.69) is 26.4 Å². The smallest absolute Gasteiger partial charge is 0.251 e. The number of anilines is 1. The fourth-order valence-electron chi connectivity index (χ4n) is 4.75. The van der Waals surface area contributed by atoms with E-state index >= 15 is 0 Å². The average Bonchev–Trinajstić information content (AvgIpc) is 3.13. The summed E-state index contributed by atoms with van der Waals surface area (Å²) in [4.78, 5) is 31.7. The zero-order valence-electron chi connectivity index (χ0n) is 16.9. The van der Waals surface area contributed by atoms with Gasteiger partial charge in [-0.1, -0.05) is 6.07 Å². The Morgan fingerprint density at radius 2 is 2.10 bits per heavy atom. The number of hydrogen-bond donors (Lipinski definition) is 1. The number of rotatable bonds is 4. The largest absolute Gasteiger partial charge is 0.312 e. The number of nitrogens with one attached hydrogen (secondary N) is 1. The molecule has 5 rings (SSSR count). The number of piperidine rings is 1. The van der Waals surface area contributed by atoms with Gasteiger partial charge in [0.2, 0.25) is 5.91 Å². The van der Waals surface area contributed by atoms with Crippen molar-refractivity contribution in [2.45, 2.75) is 18.9 Å². The van der Waals surface area contributed by atoms with Crippen LogP contribution in [-0.4, -0.2) is 49.8 Å². The van der Waals surface area contributed by atoms with Gasteiger partial charge in [-0.05, 0) is 30.0 Å². The van der Waals surface area contributed by atoms with Crippen molar-refractivity contribution in [1.29, 1.82) is 0 Å². The Balaban J connectivity index is 1.35. The van der Waals surface area contributed by atoms with Crippen LogP contribution in [-0.2, 0) is 18.4 Å². The fraction of sp³-hybridized carbons (Fsp3) is 0.364. The molecule has 1 amide bonds. The van der Waals surface area contributed by atoms with Gasteiger partial charge >= 0.3 is 0 Å². The van der Waals surface area contributed by atoms with Gasteiger partial charge in [-0.2, -0.15) is 5.10 Å². The Bertz CT molecular complexity index is 1140. The zero-order valence-corrected chi connectivity index (χ0v) is 16.9. The van der Waals surface area contributed by atoms with E-state index < -0.39 is 0 Å². The zero-order chi connectivity index (χ0) is 20.7. The molecule has 1 fully saturated rings. The van der Waals surface area contributed by atoms with Gasteiger partial charge in [0, 0.05) is 74.6 Å². The molecule has 0 saturated carbocycles. The molecule has 0 spiro atoms. The second-order valence-corrected chi connectivity index (χ2v) is 8.27. The lowest BCUT2D eigenvalue weighted by Crippen LogP contribution is -2.49. The first-order valence-corrected chi connectivity index (χ1v) is 10.2. The highest BCUT2D eigenvalue weighted by Crippen LogP contribution is 2.36. The Labute approximate surface area is 174 Å². The second-order valence-electron chi connectivity index (χ2n) is 8.27. The number of amides is 1. The monoisotopic (exact) mass is 404 g/mol. The number of aromatic nitrogens is 4. The third-order valence-corrected chi connectivity index (χ3v) is 5.98. The molecule has 0 radical (unpaired) electrons. The summed E-state index contributed by atoms with van der Waals surface area (Å²) >= 11 is 0. The maximum Gasteiger partial charge on any atom is 0.251 e. The van der Waals surface area contributed by atoms with E-state index in [0.29, 0.717) is 24.8 Å². The molecule has 2 bridgehead atoms. The summed E-state index contributed by atoms with van der Waals surface area (Å²) in [6.07, 6.45) is 6.37. The van der Waals surface area contributed by atoms with Gasteiger partial charge < -0.3 is 9.88 Å². The van der Waals surface area contributed by atoms with Gasteiger partial charge in [0.25, 0.3) is 5.56 Å². The standard InChI is InChI=1S/C22H24N6O2/c1-26-6-4-20(25-26)24-21(29)14-27-11-15-7-18(13-27)19-8-17(9-22(30)28(19)12-15)16-3-2-5-23-10-16/h2-6,8-10,15,18H,7,11-14H2,1H3,(H,24,25,29)/t15-,18+/m0/s1. The third kappa shape index (κ3) is 3.66. The van der Waals surface area contributed by atoms with Crippen LogP contribution in [0.4, 0.5) is 5.82 Å². The van der Waals surface area contributed by atoms with E-state index in [-0.39, 0.29) is 17.4 Å². The first-order chi connectivity index (χ1) is 14.5. The summed E-state index contributed by atoms with van der Waals surface area (Å²) in [5.41, 5.74) is 2.96. The Hall–Kier alpha value is -3.26. The van der Waals surface area contributed by atoms with Crippen LogP contribution in [0.15, 0.2) is 53.7 Å². The number of pyridine rings is 2. The Morgan fingerprint density at radius 3 is 2.87 bits per heavy atom. The van der Waals surface area contributed by atoms with Crippen LogP contribution in [0.1, 0.15) is 18.0 Å². The molecule has 3 aromatic rings. The highest BCUT2D eigenvalue weighted by atomic mass is 16.2. The highest BCUT2D eigenvalue weighted by molar-refractivity contribution is 5.91. The Kier molecular flexibility index (Phi) is 4.71. The lowest BCUT2D eigenvalue weighted by molar-refractivity contribution is -0.118. The summed E-state index contributed by atoms with van der Waals surface area (Å²) < 4.78 is 3.58. The van der Waals surface area contributed by atoms with Gasteiger partial charge in [-0.3, -0.25) is 24.2 Å². The normalized spacial score (nSPS) is 20.6. The van der Waals surface area contributed by atoms with Crippen molar-refractivity contribution in [2.75, 3.05) is 25.0 Å². The van der Waals surface area contributed by atoms with Crippen LogP contribution >= 0.6 is 0 Å². The van der Waals surface area contributed by atoms with Crippen LogP contribution < -0.4 is 10.9 Å². The van der Waals surface area contributed by atoms with Gasteiger partial charge in [0.05, 0.1) is 6.54 Å². The molecule has 8 nitrogen and oxygen atoms in total. The van der Waals surface area contributed by atoms with Gasteiger partial charge in [0.15, 0.2) is 5.82 Å². The maximum absolute atomic E-state index is 12.8. The van der Waals surface area contributed by atoms with E-state index in [9.17, 15) is 9.59 Å². The maximum atomic E-state index is 12.8. The number of nitrogens with zero attached hydrogens (tertiary/aromatic N) is 5. The molecular weight excluding hydrogens is 380 g/mol. The summed E-state index contributed by atoms with van der Waals surface area (Å²) in [7, 11) is 1.82. The number of fused-ring (bicyclic) bond motifs is 4. The molecule has 1 saturated heterocycles. The predicted octanol–water partition coefficient (Wildman–Crippen LogP) is 1.70. The van der Waals surface area contributed by atoms with Gasteiger partial charge in [-0.15, -0.1) is 0 Å². The number of aryl methyl sites for hydroxylation is 1. The van der Waals surface area contributed by atoms with E-state index in [0.717, 1.165) is 36.3 Å². The summed E-state index contributed by atoms with van der Waals surface area (Å²) in [5.74, 6) is 1.12. The SMILES string of the molecule is Cn1ccc(NC(=O)CN2C[C@@H]3C[C@H](C2)c2cc(-c4cccnc4)cc(=O)n2C3)n1. The lowest BCUT2D eigenvalue weighted by atomic mass is 9.82. The predicted molar refractivity (Wildman–Crippen MR) is 113 cm³/mol. The lowest BCUT2D eigenvalue weighted by Gasteiger charge is -2.42. The van der Waals surface area contributed by atoms with Crippen molar-refractivity contribution in [3.63, 3.8) is 0 Å². The summed E-state index contributed by atoms with van der Waals surface area (Å²) in [6.45, 7) is 2.62. The van der Waals surface area contributed by atoms with E-state index in [1.807, 2.05) is 23.7 Å². The van der Waals surface area contributed by atoms with Crippen molar-refractivity contribution < 1.29 is 4.79 Å². The van der Waals surface area contributed by atoms with Crippen molar-refractivity contribution in [3.8, 4) is 11.1 Å². The second kappa shape index (κ2) is 7.53. The van der Waals surface area contributed by atoms with Crippen molar-refractivity contribution in [3.05, 3.63) is 65.0 Å². The summed E-state index contributed by atoms with van der Waals surface area (Å²) in [5, 5.41) is 7.06. The van der Waals surface area contributed by atoms with Crippen LogP contribution in [0.2, 0.25) is 0 Å². The molecule has 5 heterocycles. The Morgan fingerprint density at radius 1 is 1.20 bits per heavy atom. The molecular formula is C22H24N6O2. The molecule has 2 aliphatic heterocycles. The van der Waals surface area contributed by atoms with Crippen molar-refractivity contribution >= 4 is 11.7 Å². The molecule has 2 atom stereocenters. The van der Waals surface area contributed by atoms with Crippen LogP contribution in [0.3, 0.4) is 0 Å². The number of hydrogen-bond acceptors (Lipinski definition) is 5. The van der Waals surface area contributed by atoms with E-state index in [1.54, 1.807) is 35.4 Å². The van der Waals surface area contributed by atoms with Crippen molar-refractivity contribution in [2.24, 2.45) is 13.0 Å². The fourth-order valence-corrected chi connectivity index (χ4v) is 4.75. The number of carbonyl (C=O) groups is 1. The molecule has 0 unspecified atom stereocenters. The van der Waals surface area contributed by atoms with Crippen LogP contribution in [0, 0.1) is 5.92 Å². The minimum Gasteiger partial charge on any atom is -0.312 e. The van der Waals surface area contributed by atoms with Crippen LogP contribution in [0.25, 0.3) is 11.1 Å². The average molecular weight is 404 g/mol. The van der Waals surface area contributed by atoms with Crippen LogP contribution in [0.5, 0.6) is 0 Å².